The van der Waals surface area contributed by atoms with Crippen molar-refractivity contribution in [2.24, 2.45) is 17.4 Å². The van der Waals surface area contributed by atoms with Gasteiger partial charge in [0, 0.05) is 43.7 Å². The van der Waals surface area contributed by atoms with Crippen LogP contribution in [0.1, 0.15) is 61.6 Å². The van der Waals surface area contributed by atoms with Gasteiger partial charge in [-0.3, -0.25) is 19.2 Å². The van der Waals surface area contributed by atoms with Crippen LogP contribution in [0.4, 0.5) is 0 Å². The maximum Gasteiger partial charge on any atom is 0.244 e. The van der Waals surface area contributed by atoms with Crippen LogP contribution in [0, 0.1) is 5.92 Å². The van der Waals surface area contributed by atoms with Crippen LogP contribution in [-0.2, 0) is 36.9 Å². The van der Waals surface area contributed by atoms with E-state index in [2.05, 4.69) is 27.8 Å². The zero-order valence-electron chi connectivity index (χ0n) is 29.3. The highest BCUT2D eigenvalue weighted by Gasteiger charge is 2.50. The first-order valence-corrected chi connectivity index (χ1v) is 17.8. The van der Waals surface area contributed by atoms with Gasteiger partial charge in [-0.1, -0.05) is 78.9 Å². The van der Waals surface area contributed by atoms with Gasteiger partial charge in [0.1, 0.15) is 11.6 Å². The van der Waals surface area contributed by atoms with E-state index in [4.69, 9.17) is 16.2 Å². The fourth-order valence-corrected chi connectivity index (χ4v) is 7.11. The van der Waals surface area contributed by atoms with Crippen molar-refractivity contribution in [3.8, 4) is 0 Å². The highest BCUT2D eigenvalue weighted by atomic mass is 16.5. The van der Waals surface area contributed by atoms with E-state index in [1.807, 2.05) is 83.9 Å². The number of aromatic nitrogens is 1. The second-order valence-electron chi connectivity index (χ2n) is 13.5. The number of hydrogen-bond acceptors (Lipinski definition) is 6. The third-order valence-electron chi connectivity index (χ3n) is 9.97. The molecule has 1 fully saturated rings. The minimum Gasteiger partial charge on any atom is -0.375 e. The summed E-state index contributed by atoms with van der Waals surface area (Å²) in [6, 6.07) is 26.4. The van der Waals surface area contributed by atoms with Gasteiger partial charge in [-0.2, -0.15) is 0 Å². The molecule has 0 radical (unpaired) electrons. The number of nitrogens with zero attached hydrogens (tertiary/aromatic N) is 1. The van der Waals surface area contributed by atoms with Crippen LogP contribution < -0.4 is 22.1 Å². The fourth-order valence-electron chi connectivity index (χ4n) is 7.11. The minimum absolute atomic E-state index is 0.0739. The number of piperidine rings is 1. The van der Waals surface area contributed by atoms with Crippen molar-refractivity contribution in [1.29, 1.82) is 0 Å². The SMILES string of the molecule is CC(=O)NCCCCC(NC(=O)[C@@H](N)COCc1ccccc1)(C(N)=O)[C@H](Cc1c[nH]c2ccccc12)C(=O)N1CCC(c2ccccc2)CC1. The summed E-state index contributed by atoms with van der Waals surface area (Å²) in [6.45, 7) is 2.96. The second kappa shape index (κ2) is 17.8. The van der Waals surface area contributed by atoms with Crippen molar-refractivity contribution in [2.75, 3.05) is 26.2 Å². The van der Waals surface area contributed by atoms with Crippen molar-refractivity contribution >= 4 is 34.5 Å². The molecule has 270 valence electrons. The third-order valence-corrected chi connectivity index (χ3v) is 9.97. The second-order valence-corrected chi connectivity index (χ2v) is 13.5. The van der Waals surface area contributed by atoms with E-state index in [-0.39, 0.29) is 37.9 Å². The van der Waals surface area contributed by atoms with Crippen LogP contribution >= 0.6 is 0 Å². The number of rotatable bonds is 17. The molecule has 3 aromatic carbocycles. The van der Waals surface area contributed by atoms with E-state index >= 15 is 0 Å². The molecule has 1 aliphatic rings. The summed E-state index contributed by atoms with van der Waals surface area (Å²) in [5.74, 6) is -2.59. The smallest absolute Gasteiger partial charge is 0.244 e. The van der Waals surface area contributed by atoms with Gasteiger partial charge in [-0.25, -0.2) is 0 Å². The number of primary amides is 1. The topological polar surface area (TPSA) is 173 Å². The molecule has 1 unspecified atom stereocenters. The molecule has 1 aromatic heterocycles. The Kier molecular flexibility index (Phi) is 13.0. The Morgan fingerprint density at radius 1 is 0.941 bits per heavy atom. The summed E-state index contributed by atoms with van der Waals surface area (Å²) in [7, 11) is 0. The number of nitrogens with two attached hydrogens (primary N) is 2. The number of aromatic amines is 1. The number of likely N-dealkylation sites (tertiary alicyclic amines) is 1. The number of amides is 4. The molecule has 1 saturated heterocycles. The molecule has 0 bridgehead atoms. The maximum absolute atomic E-state index is 14.9. The van der Waals surface area contributed by atoms with Gasteiger partial charge in [0.25, 0.3) is 0 Å². The Morgan fingerprint density at radius 2 is 1.61 bits per heavy atom. The predicted molar refractivity (Wildman–Crippen MR) is 197 cm³/mol. The van der Waals surface area contributed by atoms with E-state index < -0.39 is 29.3 Å². The van der Waals surface area contributed by atoms with Crippen LogP contribution in [-0.4, -0.2) is 71.3 Å². The van der Waals surface area contributed by atoms with Crippen LogP contribution in [0.25, 0.3) is 10.9 Å². The first-order valence-electron chi connectivity index (χ1n) is 17.8. The summed E-state index contributed by atoms with van der Waals surface area (Å²) in [5.41, 5.74) is 14.8. The van der Waals surface area contributed by atoms with Gasteiger partial charge in [-0.05, 0) is 67.2 Å². The molecule has 5 rings (SSSR count). The van der Waals surface area contributed by atoms with E-state index in [0.717, 1.165) is 34.9 Å². The van der Waals surface area contributed by atoms with Crippen molar-refractivity contribution in [2.45, 2.75) is 69.6 Å². The molecule has 11 nitrogen and oxygen atoms in total. The molecule has 4 aromatic rings. The average Bonchev–Trinajstić information content (AvgIpc) is 3.56. The molecule has 11 heteroatoms. The van der Waals surface area contributed by atoms with E-state index in [0.29, 0.717) is 38.4 Å². The number of carbonyl (C=O) groups is 4. The first kappa shape index (κ1) is 37.3. The average molecular weight is 695 g/mol. The number of H-pyrrole nitrogens is 1. The van der Waals surface area contributed by atoms with Gasteiger partial charge in [0.15, 0.2) is 0 Å². The van der Waals surface area contributed by atoms with E-state index in [9.17, 15) is 19.2 Å². The lowest BCUT2D eigenvalue weighted by atomic mass is 9.74. The number of carbonyl (C=O) groups excluding carboxylic acids is 4. The number of fused-ring (bicyclic) bond motifs is 1. The Labute approximate surface area is 299 Å². The molecular formula is C40H50N6O5. The maximum atomic E-state index is 14.9. The van der Waals surface area contributed by atoms with Gasteiger partial charge >= 0.3 is 0 Å². The van der Waals surface area contributed by atoms with Gasteiger partial charge in [0.05, 0.1) is 19.1 Å². The quantitative estimate of drug-likeness (QED) is 0.105. The zero-order valence-corrected chi connectivity index (χ0v) is 29.3. The highest BCUT2D eigenvalue weighted by molar-refractivity contribution is 5.98. The lowest BCUT2D eigenvalue weighted by Gasteiger charge is -2.42. The Hall–Kier alpha value is -5.00. The van der Waals surface area contributed by atoms with Crippen LogP contribution in [0.2, 0.25) is 0 Å². The van der Waals surface area contributed by atoms with Crippen LogP contribution in [0.3, 0.4) is 0 Å². The molecule has 0 aliphatic carbocycles. The minimum atomic E-state index is -1.78. The molecular weight excluding hydrogens is 644 g/mol. The summed E-state index contributed by atoms with van der Waals surface area (Å²) >= 11 is 0. The van der Waals surface area contributed by atoms with E-state index in [1.165, 1.54) is 12.5 Å². The molecule has 1 aliphatic heterocycles. The number of benzene rings is 3. The molecule has 0 saturated carbocycles. The number of para-hydroxylation sites is 1. The monoisotopic (exact) mass is 694 g/mol. The van der Waals surface area contributed by atoms with Crippen LogP contribution in [0.5, 0.6) is 0 Å². The Bertz CT molecular complexity index is 1750. The van der Waals surface area contributed by atoms with Crippen molar-refractivity contribution in [3.63, 3.8) is 0 Å². The normalized spacial score (nSPS) is 15.8. The molecule has 3 atom stereocenters. The number of hydrogen-bond donors (Lipinski definition) is 5. The Balaban J connectivity index is 1.44. The zero-order chi connectivity index (χ0) is 36.2. The van der Waals surface area contributed by atoms with Crippen molar-refractivity contribution in [1.82, 2.24) is 20.5 Å². The van der Waals surface area contributed by atoms with Gasteiger partial charge < -0.3 is 36.7 Å². The largest absolute Gasteiger partial charge is 0.375 e. The summed E-state index contributed by atoms with van der Waals surface area (Å²) < 4.78 is 5.77. The summed E-state index contributed by atoms with van der Waals surface area (Å²) in [5, 5.41) is 6.62. The first-order chi connectivity index (χ1) is 24.7. The number of nitrogens with one attached hydrogen (secondary N) is 3. The lowest BCUT2D eigenvalue weighted by molar-refractivity contribution is -0.147. The molecule has 51 heavy (non-hydrogen) atoms. The van der Waals surface area contributed by atoms with E-state index in [1.54, 1.807) is 0 Å². The molecule has 2 heterocycles. The van der Waals surface area contributed by atoms with Crippen molar-refractivity contribution < 1.29 is 23.9 Å². The lowest BCUT2D eigenvalue weighted by Crippen LogP contribution is -2.68. The number of unbranched alkanes of at least 4 members (excludes halogenated alkanes) is 1. The molecule has 7 N–H and O–H groups in total. The Morgan fingerprint density at radius 3 is 2.29 bits per heavy atom. The fraction of sp³-hybridized carbons (Fsp3) is 0.400. The summed E-state index contributed by atoms with van der Waals surface area (Å²) in [4.78, 5) is 59.3. The van der Waals surface area contributed by atoms with Gasteiger partial charge in [0.2, 0.25) is 23.6 Å². The van der Waals surface area contributed by atoms with Crippen LogP contribution in [0.15, 0.2) is 91.1 Å². The molecule has 4 amide bonds. The predicted octanol–water partition coefficient (Wildman–Crippen LogP) is 3.92. The summed E-state index contributed by atoms with van der Waals surface area (Å²) in [6.07, 6.45) is 4.52. The molecule has 0 spiro atoms. The van der Waals surface area contributed by atoms with Crippen molar-refractivity contribution in [3.05, 3.63) is 108 Å². The van der Waals surface area contributed by atoms with Gasteiger partial charge in [-0.15, -0.1) is 0 Å². The third kappa shape index (κ3) is 9.62. The standard InChI is InChI=1S/C40H50N6O5/c1-28(47)43-21-11-10-20-40(39(42)50,45-37(48)35(41)27-51-26-29-12-4-2-5-13-29)34(24-32-25-44-36-17-9-8-16-33(32)36)38(49)46-22-18-31(19-23-46)30-14-6-3-7-15-30/h2-9,12-17,25,31,34-35,44H,10-11,18-24,26-27,41H2,1H3,(H2,42,50)(H,43,47)(H,45,48)/t34-,35+,40?/m1/s1. The number of ether oxygens (including phenoxy) is 1. The highest BCUT2D eigenvalue weighted by Crippen LogP contribution is 2.35.